The molecule has 0 aromatic carbocycles. The molecule has 1 rings (SSSR count). The van der Waals surface area contributed by atoms with Crippen LogP contribution < -0.4 is 5.73 Å². The van der Waals surface area contributed by atoms with E-state index < -0.39 is 0 Å². The summed E-state index contributed by atoms with van der Waals surface area (Å²) in [6, 6.07) is 3.84. The molecule has 1 amide bonds. The van der Waals surface area contributed by atoms with E-state index in [1.165, 1.54) is 11.3 Å². The summed E-state index contributed by atoms with van der Waals surface area (Å²) in [5.41, 5.74) is 5.45. The monoisotopic (exact) mass is 350 g/mol. The Hall–Kier alpha value is -0.550. The topological polar surface area (TPSA) is 46.3 Å². The minimum absolute atomic E-state index is 0. The van der Waals surface area contributed by atoms with Crippen LogP contribution in [0.4, 0.5) is 0 Å². The first kappa shape index (κ1) is 20.5. The van der Waals surface area contributed by atoms with Gasteiger partial charge in [0.05, 0.1) is 10.9 Å². The van der Waals surface area contributed by atoms with Crippen molar-refractivity contribution in [2.75, 3.05) is 13.1 Å². The lowest BCUT2D eigenvalue weighted by Crippen LogP contribution is -2.30. The number of nitrogens with zero attached hydrogens (tertiary/aromatic N) is 1. The summed E-state index contributed by atoms with van der Waals surface area (Å²) in [6.45, 7) is 5.65. The second kappa shape index (κ2) is 12.0. The number of carbonyl (C=O) groups is 1. The fraction of sp³-hybridized carbons (Fsp3) is 0.533. The molecule has 0 aliphatic rings. The number of halogens is 2. The van der Waals surface area contributed by atoms with E-state index in [0.29, 0.717) is 19.5 Å². The van der Waals surface area contributed by atoms with Gasteiger partial charge >= 0.3 is 0 Å². The van der Waals surface area contributed by atoms with Gasteiger partial charge in [0.15, 0.2) is 0 Å². The molecule has 21 heavy (non-hydrogen) atoms. The van der Waals surface area contributed by atoms with Gasteiger partial charge in [-0.05, 0) is 31.5 Å². The lowest BCUT2D eigenvalue weighted by atomic mass is 10.1. The highest BCUT2D eigenvalue weighted by Crippen LogP contribution is 2.23. The number of nitrogens with two attached hydrogens (primary N) is 1. The normalized spacial score (nSPS) is 10.0. The van der Waals surface area contributed by atoms with Gasteiger partial charge in [-0.25, -0.2) is 0 Å². The van der Waals surface area contributed by atoms with Crippen molar-refractivity contribution in [2.24, 2.45) is 5.73 Å². The Morgan fingerprint density at radius 2 is 2.05 bits per heavy atom. The van der Waals surface area contributed by atoms with Gasteiger partial charge in [-0.1, -0.05) is 30.5 Å². The van der Waals surface area contributed by atoms with Crippen LogP contribution in [-0.4, -0.2) is 23.9 Å². The van der Waals surface area contributed by atoms with Gasteiger partial charge < -0.3 is 10.6 Å². The molecule has 3 nitrogen and oxygen atoms in total. The zero-order valence-corrected chi connectivity index (χ0v) is 14.6. The lowest BCUT2D eigenvalue weighted by Gasteiger charge is -2.20. The van der Waals surface area contributed by atoms with Crippen LogP contribution in [0, 0.1) is 0 Å². The molecule has 1 aromatic rings. The molecular formula is C15H24Cl2N2OS. The van der Waals surface area contributed by atoms with E-state index in [0.717, 1.165) is 41.4 Å². The average molecular weight is 351 g/mol. The van der Waals surface area contributed by atoms with Gasteiger partial charge in [0.1, 0.15) is 0 Å². The molecule has 0 fully saturated rings. The highest BCUT2D eigenvalue weighted by Gasteiger charge is 2.13. The Morgan fingerprint density at radius 1 is 1.33 bits per heavy atom. The molecule has 1 aromatic heterocycles. The second-order valence-corrected chi connectivity index (χ2v) is 6.52. The van der Waals surface area contributed by atoms with Crippen molar-refractivity contribution in [1.29, 1.82) is 0 Å². The maximum absolute atomic E-state index is 12.2. The zero-order valence-electron chi connectivity index (χ0n) is 12.2. The van der Waals surface area contributed by atoms with Gasteiger partial charge in [0, 0.05) is 17.8 Å². The number of amides is 1. The summed E-state index contributed by atoms with van der Waals surface area (Å²) in [5.74, 6) is 0.183. The Labute approximate surface area is 142 Å². The van der Waals surface area contributed by atoms with Crippen LogP contribution in [0.3, 0.4) is 0 Å². The van der Waals surface area contributed by atoms with Crippen molar-refractivity contribution >= 4 is 41.3 Å². The molecule has 6 heteroatoms. The molecule has 0 saturated heterocycles. The fourth-order valence-corrected chi connectivity index (χ4v) is 3.07. The highest BCUT2D eigenvalue weighted by molar-refractivity contribution is 7.16. The summed E-state index contributed by atoms with van der Waals surface area (Å²) in [5, 5.41) is 0. The fourth-order valence-electron chi connectivity index (χ4n) is 1.97. The minimum atomic E-state index is 0. The van der Waals surface area contributed by atoms with Gasteiger partial charge in [-0.3, -0.25) is 4.79 Å². The number of unbranched alkanes of at least 4 members (excludes halogenated alkanes) is 3. The SMILES string of the molecule is C=CCN(Cc1ccc(Cl)s1)C(=O)CCCCCCN.Cl. The molecule has 0 saturated carbocycles. The summed E-state index contributed by atoms with van der Waals surface area (Å²) in [6.07, 6.45) is 6.50. The third-order valence-electron chi connectivity index (χ3n) is 3.02. The smallest absolute Gasteiger partial charge is 0.223 e. The van der Waals surface area contributed by atoms with E-state index >= 15 is 0 Å². The molecule has 0 aliphatic heterocycles. The first-order valence-corrected chi connectivity index (χ1v) is 8.19. The van der Waals surface area contributed by atoms with Crippen LogP contribution in [-0.2, 0) is 11.3 Å². The van der Waals surface area contributed by atoms with E-state index in [-0.39, 0.29) is 18.3 Å². The zero-order chi connectivity index (χ0) is 14.8. The third-order valence-corrected chi connectivity index (χ3v) is 4.24. The second-order valence-electron chi connectivity index (χ2n) is 4.72. The van der Waals surface area contributed by atoms with Crippen LogP contribution in [0.15, 0.2) is 24.8 Å². The molecule has 0 unspecified atom stereocenters. The summed E-state index contributed by atoms with van der Waals surface area (Å²) >= 11 is 7.43. The van der Waals surface area contributed by atoms with Crippen LogP contribution in [0.5, 0.6) is 0 Å². The quantitative estimate of drug-likeness (QED) is 0.506. The molecule has 2 N–H and O–H groups in total. The van der Waals surface area contributed by atoms with Crippen LogP contribution in [0.2, 0.25) is 4.34 Å². The Kier molecular flexibility index (Phi) is 11.7. The van der Waals surface area contributed by atoms with Gasteiger partial charge in [-0.2, -0.15) is 0 Å². The van der Waals surface area contributed by atoms with Crippen molar-refractivity contribution in [3.05, 3.63) is 34.0 Å². The Balaban J connectivity index is 0.00000400. The number of hydrogen-bond donors (Lipinski definition) is 1. The molecule has 0 radical (unpaired) electrons. The predicted octanol–water partition coefficient (Wildman–Crippen LogP) is 4.25. The lowest BCUT2D eigenvalue weighted by molar-refractivity contribution is -0.131. The van der Waals surface area contributed by atoms with Crippen LogP contribution in [0.1, 0.15) is 37.0 Å². The molecule has 120 valence electrons. The first-order valence-electron chi connectivity index (χ1n) is 7.00. The number of thiophene rings is 1. The standard InChI is InChI=1S/C15H23ClN2OS.ClH/c1-2-11-18(12-13-8-9-14(16)20-13)15(19)7-5-3-4-6-10-17;/h2,8-9H,1,3-7,10-12,17H2;1H. The van der Waals surface area contributed by atoms with Crippen molar-refractivity contribution in [2.45, 2.75) is 38.6 Å². The van der Waals surface area contributed by atoms with Gasteiger partial charge in [0.25, 0.3) is 0 Å². The molecule has 0 spiro atoms. The van der Waals surface area contributed by atoms with E-state index in [2.05, 4.69) is 6.58 Å². The number of rotatable bonds is 10. The average Bonchev–Trinajstić information content (AvgIpc) is 2.83. The van der Waals surface area contributed by atoms with Crippen molar-refractivity contribution in [1.82, 2.24) is 4.90 Å². The highest BCUT2D eigenvalue weighted by atomic mass is 35.5. The van der Waals surface area contributed by atoms with Gasteiger partial charge in [0.2, 0.25) is 5.91 Å². The maximum Gasteiger partial charge on any atom is 0.223 e. The van der Waals surface area contributed by atoms with Crippen LogP contribution in [0.25, 0.3) is 0 Å². The predicted molar refractivity (Wildman–Crippen MR) is 94.3 cm³/mol. The summed E-state index contributed by atoms with van der Waals surface area (Å²) in [7, 11) is 0. The number of hydrogen-bond acceptors (Lipinski definition) is 3. The van der Waals surface area contributed by atoms with E-state index in [4.69, 9.17) is 17.3 Å². The molecule has 1 heterocycles. The maximum atomic E-state index is 12.2. The molecule has 0 atom stereocenters. The number of carbonyl (C=O) groups excluding carboxylic acids is 1. The van der Waals surface area contributed by atoms with Crippen molar-refractivity contribution in [3.63, 3.8) is 0 Å². The van der Waals surface area contributed by atoms with Crippen molar-refractivity contribution < 1.29 is 4.79 Å². The molecule has 0 bridgehead atoms. The van der Waals surface area contributed by atoms with Crippen LogP contribution >= 0.6 is 35.3 Å². The van der Waals surface area contributed by atoms with Crippen molar-refractivity contribution in [3.8, 4) is 0 Å². The largest absolute Gasteiger partial charge is 0.334 e. The summed E-state index contributed by atoms with van der Waals surface area (Å²) in [4.78, 5) is 15.1. The minimum Gasteiger partial charge on any atom is -0.334 e. The molecule has 0 aliphatic carbocycles. The Morgan fingerprint density at radius 3 is 2.62 bits per heavy atom. The molecular weight excluding hydrogens is 327 g/mol. The van der Waals surface area contributed by atoms with E-state index in [1.54, 1.807) is 6.08 Å². The third kappa shape index (κ3) is 8.47. The first-order chi connectivity index (χ1) is 9.67. The summed E-state index contributed by atoms with van der Waals surface area (Å²) < 4.78 is 0.757. The Bertz CT molecular complexity index is 424. The van der Waals surface area contributed by atoms with Gasteiger partial charge in [-0.15, -0.1) is 30.3 Å². The van der Waals surface area contributed by atoms with E-state index in [1.807, 2.05) is 17.0 Å². The van der Waals surface area contributed by atoms with E-state index in [9.17, 15) is 4.79 Å².